The molecule has 0 aromatic heterocycles. The minimum Gasteiger partial charge on any atom is -0.486 e. The van der Waals surface area contributed by atoms with Gasteiger partial charge in [-0.25, -0.2) is 0 Å². The summed E-state index contributed by atoms with van der Waals surface area (Å²) in [6.07, 6.45) is 2.10. The maximum absolute atomic E-state index is 6.05. The molecule has 1 unspecified atom stereocenters. The molecule has 1 N–H and O–H groups in total. The summed E-state index contributed by atoms with van der Waals surface area (Å²) >= 11 is 1.70. The second kappa shape index (κ2) is 9.23. The van der Waals surface area contributed by atoms with Gasteiger partial charge in [0, 0.05) is 18.6 Å². The predicted molar refractivity (Wildman–Crippen MR) is 82.2 cm³/mol. The molecule has 0 fully saturated rings. The second-order valence-electron chi connectivity index (χ2n) is 4.90. The number of rotatable bonds is 9. The third-order valence-electron chi connectivity index (χ3n) is 2.64. The van der Waals surface area contributed by atoms with Crippen LogP contribution in [0.25, 0.3) is 0 Å². The van der Waals surface area contributed by atoms with Crippen LogP contribution in [-0.2, 0) is 4.74 Å². The summed E-state index contributed by atoms with van der Waals surface area (Å²) in [7, 11) is 1.71. The van der Waals surface area contributed by atoms with Crippen molar-refractivity contribution in [3.63, 3.8) is 0 Å². The van der Waals surface area contributed by atoms with Gasteiger partial charge in [0.15, 0.2) is 0 Å². The van der Waals surface area contributed by atoms with Gasteiger partial charge in [-0.15, -0.1) is 11.8 Å². The van der Waals surface area contributed by atoms with E-state index in [2.05, 4.69) is 31.5 Å². The molecule has 0 aliphatic heterocycles. The molecule has 4 heteroatoms. The summed E-state index contributed by atoms with van der Waals surface area (Å²) < 4.78 is 11.3. The Morgan fingerprint density at radius 3 is 2.58 bits per heavy atom. The third-order valence-corrected chi connectivity index (χ3v) is 3.42. The molecular weight excluding hydrogens is 258 g/mol. The minimum absolute atomic E-state index is 0.0389. The molecule has 0 radical (unpaired) electrons. The van der Waals surface area contributed by atoms with Crippen molar-refractivity contribution in [3.8, 4) is 5.75 Å². The van der Waals surface area contributed by atoms with Crippen LogP contribution in [0, 0.1) is 5.92 Å². The average Bonchev–Trinajstić information content (AvgIpc) is 2.39. The lowest BCUT2D eigenvalue weighted by molar-refractivity contribution is 0.0784. The molecule has 0 spiro atoms. The first-order valence-corrected chi connectivity index (χ1v) is 7.89. The number of thioether (sulfide) groups is 1. The summed E-state index contributed by atoms with van der Waals surface area (Å²) in [5, 5.41) is 3.42. The quantitative estimate of drug-likeness (QED) is 0.706. The normalized spacial score (nSPS) is 12.7. The van der Waals surface area contributed by atoms with Crippen LogP contribution in [-0.4, -0.2) is 39.2 Å². The number of ether oxygens (including phenoxy) is 2. The first-order chi connectivity index (χ1) is 9.17. The second-order valence-corrected chi connectivity index (χ2v) is 5.75. The monoisotopic (exact) mass is 283 g/mol. The summed E-state index contributed by atoms with van der Waals surface area (Å²) in [5.41, 5.74) is 0. The van der Waals surface area contributed by atoms with Crippen molar-refractivity contribution < 1.29 is 9.47 Å². The summed E-state index contributed by atoms with van der Waals surface area (Å²) in [6, 6.07) is 8.11. The van der Waals surface area contributed by atoms with Crippen molar-refractivity contribution in [2.24, 2.45) is 5.92 Å². The lowest BCUT2D eigenvalue weighted by Gasteiger charge is -2.21. The largest absolute Gasteiger partial charge is 0.486 e. The Labute approximate surface area is 121 Å². The van der Waals surface area contributed by atoms with E-state index in [0.29, 0.717) is 12.5 Å². The van der Waals surface area contributed by atoms with Crippen molar-refractivity contribution in [3.05, 3.63) is 24.3 Å². The van der Waals surface area contributed by atoms with Gasteiger partial charge >= 0.3 is 0 Å². The van der Waals surface area contributed by atoms with Crippen LogP contribution in [0.3, 0.4) is 0 Å². The Morgan fingerprint density at radius 1 is 1.21 bits per heavy atom. The number of methoxy groups -OCH3 is 1. The van der Waals surface area contributed by atoms with Gasteiger partial charge in [0.05, 0.1) is 6.61 Å². The molecule has 0 bridgehead atoms. The fraction of sp³-hybridized carbons (Fsp3) is 0.600. The molecule has 19 heavy (non-hydrogen) atoms. The molecule has 0 aliphatic rings. The van der Waals surface area contributed by atoms with E-state index in [1.54, 1.807) is 18.9 Å². The van der Waals surface area contributed by atoms with E-state index in [4.69, 9.17) is 9.47 Å². The number of hydrogen-bond acceptors (Lipinski definition) is 4. The average molecular weight is 283 g/mol. The highest BCUT2D eigenvalue weighted by atomic mass is 32.2. The van der Waals surface area contributed by atoms with Gasteiger partial charge in [-0.2, -0.15) is 0 Å². The highest BCUT2D eigenvalue weighted by Gasteiger charge is 2.12. The highest BCUT2D eigenvalue weighted by Crippen LogP contribution is 2.27. The molecule has 0 heterocycles. The lowest BCUT2D eigenvalue weighted by Crippen LogP contribution is -2.36. The maximum Gasteiger partial charge on any atom is 0.134 e. The summed E-state index contributed by atoms with van der Waals surface area (Å²) in [5.74, 6) is 1.57. The number of para-hydroxylation sites is 1. The fourth-order valence-corrected chi connectivity index (χ4v) is 2.28. The van der Waals surface area contributed by atoms with Crippen LogP contribution in [0.4, 0.5) is 0 Å². The van der Waals surface area contributed by atoms with Gasteiger partial charge in [0.2, 0.25) is 0 Å². The smallest absolute Gasteiger partial charge is 0.134 e. The Kier molecular flexibility index (Phi) is 7.94. The van der Waals surface area contributed by atoms with Gasteiger partial charge < -0.3 is 14.8 Å². The Hall–Kier alpha value is -0.710. The van der Waals surface area contributed by atoms with Gasteiger partial charge in [-0.1, -0.05) is 26.0 Å². The highest BCUT2D eigenvalue weighted by molar-refractivity contribution is 7.98. The molecule has 1 atom stereocenters. The zero-order valence-electron chi connectivity index (χ0n) is 12.3. The van der Waals surface area contributed by atoms with E-state index in [9.17, 15) is 0 Å². The van der Waals surface area contributed by atoms with E-state index in [-0.39, 0.29) is 6.10 Å². The van der Waals surface area contributed by atoms with Gasteiger partial charge in [-0.3, -0.25) is 0 Å². The van der Waals surface area contributed by atoms with E-state index in [1.165, 1.54) is 0 Å². The molecule has 108 valence electrons. The predicted octanol–water partition coefficient (Wildman–Crippen LogP) is 3.05. The Balaban J connectivity index is 2.56. The molecule has 0 saturated heterocycles. The lowest BCUT2D eigenvalue weighted by atomic mass is 10.2. The van der Waals surface area contributed by atoms with Crippen LogP contribution >= 0.6 is 11.8 Å². The molecule has 1 aromatic carbocycles. The first kappa shape index (κ1) is 16.3. The zero-order valence-corrected chi connectivity index (χ0v) is 13.1. The van der Waals surface area contributed by atoms with E-state index in [0.717, 1.165) is 23.7 Å². The number of nitrogens with one attached hydrogen (secondary N) is 1. The Bertz CT molecular complexity index is 358. The Morgan fingerprint density at radius 2 is 1.95 bits per heavy atom. The first-order valence-electron chi connectivity index (χ1n) is 6.66. The van der Waals surface area contributed by atoms with Crippen molar-refractivity contribution in [1.29, 1.82) is 0 Å². The number of hydrogen-bond donors (Lipinski definition) is 1. The van der Waals surface area contributed by atoms with Crippen LogP contribution < -0.4 is 10.1 Å². The number of benzene rings is 1. The molecule has 0 aliphatic carbocycles. The fourth-order valence-electron chi connectivity index (χ4n) is 1.75. The minimum atomic E-state index is 0.0389. The van der Waals surface area contributed by atoms with Crippen molar-refractivity contribution in [2.75, 3.05) is 33.1 Å². The molecule has 1 rings (SSSR count). The molecule has 0 amide bonds. The molecular formula is C15H25NO2S. The van der Waals surface area contributed by atoms with Crippen molar-refractivity contribution in [2.45, 2.75) is 24.8 Å². The van der Waals surface area contributed by atoms with Crippen LogP contribution in [0.15, 0.2) is 29.2 Å². The maximum atomic E-state index is 6.05. The summed E-state index contributed by atoms with van der Waals surface area (Å²) in [4.78, 5) is 1.16. The topological polar surface area (TPSA) is 30.5 Å². The third kappa shape index (κ3) is 6.32. The van der Waals surface area contributed by atoms with Crippen LogP contribution in [0.5, 0.6) is 5.75 Å². The molecule has 3 nitrogen and oxygen atoms in total. The van der Waals surface area contributed by atoms with Crippen molar-refractivity contribution in [1.82, 2.24) is 5.32 Å². The van der Waals surface area contributed by atoms with Crippen LogP contribution in [0.1, 0.15) is 13.8 Å². The van der Waals surface area contributed by atoms with Crippen LogP contribution in [0.2, 0.25) is 0 Å². The van der Waals surface area contributed by atoms with Gasteiger partial charge in [-0.05, 0) is 30.9 Å². The van der Waals surface area contributed by atoms with Crippen molar-refractivity contribution >= 4 is 11.8 Å². The van der Waals surface area contributed by atoms with E-state index < -0.39 is 0 Å². The molecule has 1 aromatic rings. The summed E-state index contributed by atoms with van der Waals surface area (Å²) in [6.45, 7) is 6.78. The van der Waals surface area contributed by atoms with Gasteiger partial charge in [0.25, 0.3) is 0 Å². The SMILES string of the molecule is COCC(CNCC(C)C)Oc1ccccc1SC. The van der Waals surface area contributed by atoms with E-state index in [1.807, 2.05) is 18.2 Å². The van der Waals surface area contributed by atoms with E-state index >= 15 is 0 Å². The standard InChI is InChI=1S/C15H25NO2S/c1-12(2)9-16-10-13(11-17-3)18-14-7-5-6-8-15(14)19-4/h5-8,12-13,16H,9-11H2,1-4H3. The molecule has 0 saturated carbocycles. The zero-order chi connectivity index (χ0) is 14.1. The van der Waals surface area contributed by atoms with Gasteiger partial charge in [0.1, 0.15) is 11.9 Å².